The second kappa shape index (κ2) is 6.78. The molecule has 21 heavy (non-hydrogen) atoms. The van der Waals surface area contributed by atoms with E-state index in [1.165, 1.54) is 4.90 Å². The molecule has 7 heteroatoms. The Kier molecular flexibility index (Phi) is 5.57. The monoisotopic (exact) mass is 299 g/mol. The molecule has 0 radical (unpaired) electrons. The Morgan fingerprint density at radius 1 is 1.19 bits per heavy atom. The van der Waals surface area contributed by atoms with Crippen LogP contribution in [-0.4, -0.2) is 53.1 Å². The van der Waals surface area contributed by atoms with Crippen LogP contribution in [0.25, 0.3) is 0 Å². The molecule has 7 nitrogen and oxygen atoms in total. The average molecular weight is 299 g/mol. The predicted octanol–water partition coefficient (Wildman–Crippen LogP) is 0.796. The van der Waals surface area contributed by atoms with Gasteiger partial charge in [0.25, 0.3) is 0 Å². The molecule has 1 aliphatic heterocycles. The molecule has 3 amide bonds. The van der Waals surface area contributed by atoms with Crippen molar-refractivity contribution in [1.29, 1.82) is 0 Å². The van der Waals surface area contributed by atoms with Crippen molar-refractivity contribution < 1.29 is 19.5 Å². The Balaban J connectivity index is 2.59. The molecule has 0 aromatic carbocycles. The fourth-order valence-electron chi connectivity index (χ4n) is 2.34. The number of rotatable bonds is 4. The number of carbonyl (C=O) groups is 3. The molecular formula is C14H25N3O4. The predicted molar refractivity (Wildman–Crippen MR) is 77.8 cm³/mol. The van der Waals surface area contributed by atoms with E-state index < -0.39 is 23.5 Å². The van der Waals surface area contributed by atoms with Crippen molar-refractivity contribution in [3.05, 3.63) is 0 Å². The summed E-state index contributed by atoms with van der Waals surface area (Å²) < 4.78 is 0. The Morgan fingerprint density at radius 3 is 2.33 bits per heavy atom. The van der Waals surface area contributed by atoms with Crippen LogP contribution in [0.1, 0.15) is 40.5 Å². The lowest BCUT2D eigenvalue weighted by Gasteiger charge is -2.37. The van der Waals surface area contributed by atoms with Gasteiger partial charge in [-0.25, -0.2) is 4.79 Å². The number of carboxylic acid groups (broad SMARTS) is 1. The first-order valence-electron chi connectivity index (χ1n) is 7.25. The number of carbonyl (C=O) groups excluding carboxylic acids is 2. The number of nitrogens with one attached hydrogen (secondary N) is 2. The van der Waals surface area contributed by atoms with Gasteiger partial charge in [-0.1, -0.05) is 0 Å². The van der Waals surface area contributed by atoms with Crippen LogP contribution in [0.3, 0.4) is 0 Å². The van der Waals surface area contributed by atoms with Crippen molar-refractivity contribution in [3.8, 4) is 0 Å². The minimum Gasteiger partial charge on any atom is -0.481 e. The number of piperidine rings is 1. The molecule has 1 rings (SSSR count). The maximum absolute atomic E-state index is 12.2. The number of aliphatic carboxylic acids is 1. The molecule has 1 saturated heterocycles. The first-order chi connectivity index (χ1) is 9.65. The number of hydrogen-bond donors (Lipinski definition) is 3. The summed E-state index contributed by atoms with van der Waals surface area (Å²) in [5.74, 6) is -1.15. The molecule has 1 aliphatic rings. The van der Waals surface area contributed by atoms with Gasteiger partial charge in [0.05, 0.1) is 5.41 Å². The molecule has 3 N–H and O–H groups in total. The Morgan fingerprint density at radius 2 is 1.81 bits per heavy atom. The zero-order chi connectivity index (χ0) is 16.2. The summed E-state index contributed by atoms with van der Waals surface area (Å²) in [6.07, 6.45) is 1.19. The van der Waals surface area contributed by atoms with Crippen LogP contribution in [0.5, 0.6) is 0 Å². The molecule has 0 aromatic rings. The van der Waals surface area contributed by atoms with Gasteiger partial charge >= 0.3 is 12.0 Å². The van der Waals surface area contributed by atoms with Gasteiger partial charge in [-0.2, -0.15) is 0 Å². The maximum atomic E-state index is 12.2. The Hall–Kier alpha value is -1.79. The van der Waals surface area contributed by atoms with Crippen LogP contribution in [-0.2, 0) is 9.59 Å². The average Bonchev–Trinajstić information content (AvgIpc) is 2.37. The highest BCUT2D eigenvalue weighted by molar-refractivity contribution is 5.87. The molecule has 0 aromatic heterocycles. The smallest absolute Gasteiger partial charge is 0.318 e. The van der Waals surface area contributed by atoms with E-state index in [1.807, 2.05) is 13.8 Å². The fourth-order valence-corrected chi connectivity index (χ4v) is 2.34. The second-order valence-corrected chi connectivity index (χ2v) is 6.23. The van der Waals surface area contributed by atoms with E-state index >= 15 is 0 Å². The van der Waals surface area contributed by atoms with Crippen molar-refractivity contribution in [2.45, 2.75) is 52.6 Å². The van der Waals surface area contributed by atoms with Gasteiger partial charge < -0.3 is 20.6 Å². The lowest BCUT2D eigenvalue weighted by Crippen LogP contribution is -2.55. The van der Waals surface area contributed by atoms with E-state index in [4.69, 9.17) is 0 Å². The number of carboxylic acids is 1. The van der Waals surface area contributed by atoms with Crippen LogP contribution in [0.15, 0.2) is 0 Å². The van der Waals surface area contributed by atoms with Gasteiger partial charge in [0.15, 0.2) is 0 Å². The summed E-state index contributed by atoms with van der Waals surface area (Å²) in [5, 5.41) is 14.6. The largest absolute Gasteiger partial charge is 0.481 e. The van der Waals surface area contributed by atoms with E-state index in [0.717, 1.165) is 0 Å². The molecule has 2 atom stereocenters. The highest BCUT2D eigenvalue weighted by Gasteiger charge is 2.39. The van der Waals surface area contributed by atoms with Crippen molar-refractivity contribution in [1.82, 2.24) is 15.5 Å². The van der Waals surface area contributed by atoms with Gasteiger partial charge in [-0.05, 0) is 40.5 Å². The zero-order valence-corrected chi connectivity index (χ0v) is 13.1. The third-order valence-electron chi connectivity index (χ3n) is 3.66. The summed E-state index contributed by atoms with van der Waals surface area (Å²) >= 11 is 0. The van der Waals surface area contributed by atoms with Gasteiger partial charge in [0.1, 0.15) is 6.04 Å². The third-order valence-corrected chi connectivity index (χ3v) is 3.66. The lowest BCUT2D eigenvalue weighted by atomic mass is 9.82. The minimum atomic E-state index is -0.918. The second-order valence-electron chi connectivity index (χ2n) is 6.23. The first kappa shape index (κ1) is 17.3. The van der Waals surface area contributed by atoms with Crippen molar-refractivity contribution in [2.75, 3.05) is 13.1 Å². The Bertz CT molecular complexity index is 424. The lowest BCUT2D eigenvalue weighted by molar-refractivity contribution is -0.150. The summed E-state index contributed by atoms with van der Waals surface area (Å²) in [5.41, 5.74) is -0.918. The Labute approximate surface area is 125 Å². The van der Waals surface area contributed by atoms with Gasteiger partial charge in [-0.15, -0.1) is 0 Å². The van der Waals surface area contributed by atoms with Crippen LogP contribution in [0.2, 0.25) is 0 Å². The van der Waals surface area contributed by atoms with Crippen molar-refractivity contribution in [3.63, 3.8) is 0 Å². The van der Waals surface area contributed by atoms with Crippen LogP contribution in [0, 0.1) is 5.41 Å². The fraction of sp³-hybridized carbons (Fsp3) is 0.786. The quantitative estimate of drug-likeness (QED) is 0.715. The highest BCUT2D eigenvalue weighted by Crippen LogP contribution is 2.29. The molecule has 0 saturated carbocycles. The van der Waals surface area contributed by atoms with E-state index in [2.05, 4.69) is 10.6 Å². The minimum absolute atomic E-state index is 0.00198. The molecule has 0 bridgehead atoms. The highest BCUT2D eigenvalue weighted by atomic mass is 16.4. The van der Waals surface area contributed by atoms with E-state index in [0.29, 0.717) is 19.4 Å². The molecule has 1 fully saturated rings. The number of hydrogen-bond acceptors (Lipinski definition) is 3. The van der Waals surface area contributed by atoms with E-state index in [1.54, 1.807) is 13.8 Å². The van der Waals surface area contributed by atoms with E-state index in [-0.39, 0.29) is 18.5 Å². The SMILES string of the molecule is CC(C)NC(=O)C(C)NC(=O)N1CCCC(C)(C(=O)O)C1. The standard InChI is InChI=1S/C14H25N3O4/c1-9(2)15-11(18)10(3)16-13(21)17-7-5-6-14(4,8-17)12(19)20/h9-10H,5-8H2,1-4H3,(H,15,18)(H,16,21)(H,19,20). The molecule has 2 unspecified atom stereocenters. The first-order valence-corrected chi connectivity index (χ1v) is 7.25. The number of urea groups is 1. The topological polar surface area (TPSA) is 98.7 Å². The van der Waals surface area contributed by atoms with E-state index in [9.17, 15) is 19.5 Å². The number of nitrogens with zero attached hydrogens (tertiary/aromatic N) is 1. The van der Waals surface area contributed by atoms with Gasteiger partial charge in [0, 0.05) is 19.1 Å². The van der Waals surface area contributed by atoms with Crippen LogP contribution in [0.4, 0.5) is 4.79 Å². The number of likely N-dealkylation sites (tertiary alicyclic amines) is 1. The van der Waals surface area contributed by atoms with Crippen molar-refractivity contribution in [2.24, 2.45) is 5.41 Å². The molecule has 0 aliphatic carbocycles. The molecular weight excluding hydrogens is 274 g/mol. The third kappa shape index (κ3) is 4.61. The number of amides is 3. The van der Waals surface area contributed by atoms with Gasteiger partial charge in [0.2, 0.25) is 5.91 Å². The summed E-state index contributed by atoms with van der Waals surface area (Å²) in [6.45, 7) is 7.60. The summed E-state index contributed by atoms with van der Waals surface area (Å²) in [7, 11) is 0. The normalized spacial score (nSPS) is 23.6. The van der Waals surface area contributed by atoms with Crippen LogP contribution < -0.4 is 10.6 Å². The summed E-state index contributed by atoms with van der Waals surface area (Å²) in [6, 6.07) is -1.05. The summed E-state index contributed by atoms with van der Waals surface area (Å²) in [4.78, 5) is 36.7. The molecule has 0 spiro atoms. The van der Waals surface area contributed by atoms with Crippen LogP contribution >= 0.6 is 0 Å². The van der Waals surface area contributed by atoms with Gasteiger partial charge in [-0.3, -0.25) is 9.59 Å². The molecule has 1 heterocycles. The maximum Gasteiger partial charge on any atom is 0.318 e. The molecule has 120 valence electrons. The van der Waals surface area contributed by atoms with Crippen molar-refractivity contribution >= 4 is 17.9 Å². The zero-order valence-electron chi connectivity index (χ0n) is 13.1.